The molecule has 0 aromatic rings. The maximum Gasteiger partial charge on any atom is 0.0495 e. The summed E-state index contributed by atoms with van der Waals surface area (Å²) in [4.78, 5) is 0. The van der Waals surface area contributed by atoms with E-state index < -0.39 is 0 Å². The second-order valence-electron chi connectivity index (χ2n) is 4.00. The van der Waals surface area contributed by atoms with Crippen molar-refractivity contribution in [1.29, 1.82) is 0 Å². The highest BCUT2D eigenvalue weighted by Gasteiger charge is 2.27. The molecule has 0 aliphatic heterocycles. The zero-order valence-corrected chi connectivity index (χ0v) is 7.97. The van der Waals surface area contributed by atoms with E-state index in [1.807, 2.05) is 7.11 Å². The zero-order chi connectivity index (χ0) is 8.27. The van der Waals surface area contributed by atoms with Crippen LogP contribution < -0.4 is 0 Å². The summed E-state index contributed by atoms with van der Waals surface area (Å²) in [7, 11) is 1.81. The van der Waals surface area contributed by atoms with Crippen molar-refractivity contribution >= 4 is 0 Å². The van der Waals surface area contributed by atoms with E-state index in [0.717, 1.165) is 24.4 Å². The predicted octanol–water partition coefficient (Wildman–Crippen LogP) is 2.71. The SMILES string of the molecule is COCC1C(C)CCCC1C. The first-order valence-corrected chi connectivity index (χ1v) is 4.74. The molecule has 1 heteroatoms. The highest BCUT2D eigenvalue weighted by atomic mass is 16.5. The summed E-state index contributed by atoms with van der Waals surface area (Å²) >= 11 is 0. The quantitative estimate of drug-likeness (QED) is 0.597. The molecule has 0 saturated heterocycles. The average molecular weight is 156 g/mol. The average Bonchev–Trinajstić information content (AvgIpc) is 1.97. The van der Waals surface area contributed by atoms with E-state index in [1.165, 1.54) is 19.3 Å². The summed E-state index contributed by atoms with van der Waals surface area (Å²) < 4.78 is 5.22. The Kier molecular flexibility index (Phi) is 3.38. The fraction of sp³-hybridized carbons (Fsp3) is 1.00. The number of methoxy groups -OCH3 is 1. The number of rotatable bonds is 2. The second-order valence-corrected chi connectivity index (χ2v) is 4.00. The fourth-order valence-corrected chi connectivity index (χ4v) is 2.27. The molecule has 2 unspecified atom stereocenters. The van der Waals surface area contributed by atoms with Gasteiger partial charge in [-0.3, -0.25) is 0 Å². The summed E-state index contributed by atoms with van der Waals surface area (Å²) in [5.41, 5.74) is 0. The van der Waals surface area contributed by atoms with Crippen molar-refractivity contribution in [2.45, 2.75) is 33.1 Å². The first kappa shape index (κ1) is 9.05. The summed E-state index contributed by atoms with van der Waals surface area (Å²) in [5, 5.41) is 0. The number of ether oxygens (including phenoxy) is 1. The van der Waals surface area contributed by atoms with Crippen LogP contribution in [0.1, 0.15) is 33.1 Å². The third-order valence-electron chi connectivity index (χ3n) is 3.14. The lowest BCUT2D eigenvalue weighted by molar-refractivity contribution is 0.0663. The van der Waals surface area contributed by atoms with Crippen molar-refractivity contribution in [2.75, 3.05) is 13.7 Å². The molecular formula is C10H20O. The normalized spacial score (nSPS) is 39.0. The fourth-order valence-electron chi connectivity index (χ4n) is 2.27. The van der Waals surface area contributed by atoms with Gasteiger partial charge in [-0.05, 0) is 17.8 Å². The molecule has 0 aromatic heterocycles. The van der Waals surface area contributed by atoms with Crippen LogP contribution in [0.5, 0.6) is 0 Å². The second kappa shape index (κ2) is 4.10. The molecule has 1 fully saturated rings. The van der Waals surface area contributed by atoms with Gasteiger partial charge in [0.15, 0.2) is 0 Å². The summed E-state index contributed by atoms with van der Waals surface area (Å²) in [5.74, 6) is 2.56. The van der Waals surface area contributed by atoms with Gasteiger partial charge in [0, 0.05) is 13.7 Å². The van der Waals surface area contributed by atoms with E-state index in [0.29, 0.717) is 0 Å². The van der Waals surface area contributed by atoms with E-state index >= 15 is 0 Å². The highest BCUT2D eigenvalue weighted by molar-refractivity contribution is 4.76. The first-order valence-electron chi connectivity index (χ1n) is 4.74. The van der Waals surface area contributed by atoms with Crippen LogP contribution in [-0.4, -0.2) is 13.7 Å². The summed E-state index contributed by atoms with van der Waals surface area (Å²) in [6, 6.07) is 0. The minimum absolute atomic E-state index is 0.814. The molecule has 0 heterocycles. The minimum Gasteiger partial charge on any atom is -0.384 e. The predicted molar refractivity (Wildman–Crippen MR) is 47.5 cm³/mol. The van der Waals surface area contributed by atoms with E-state index in [4.69, 9.17) is 4.74 Å². The molecule has 0 aromatic carbocycles. The molecule has 0 amide bonds. The molecule has 1 aliphatic carbocycles. The van der Waals surface area contributed by atoms with Crippen molar-refractivity contribution < 1.29 is 4.74 Å². The van der Waals surface area contributed by atoms with Crippen molar-refractivity contribution in [3.63, 3.8) is 0 Å². The van der Waals surface area contributed by atoms with Gasteiger partial charge in [0.05, 0.1) is 0 Å². The Bertz CT molecular complexity index is 101. The van der Waals surface area contributed by atoms with Crippen LogP contribution in [0.2, 0.25) is 0 Å². The van der Waals surface area contributed by atoms with Crippen molar-refractivity contribution in [3.8, 4) is 0 Å². The molecule has 11 heavy (non-hydrogen) atoms. The molecule has 66 valence electrons. The Labute approximate surface area is 70.1 Å². The lowest BCUT2D eigenvalue weighted by atomic mass is 9.74. The molecule has 1 saturated carbocycles. The molecule has 0 bridgehead atoms. The van der Waals surface area contributed by atoms with Gasteiger partial charge >= 0.3 is 0 Å². The number of hydrogen-bond acceptors (Lipinski definition) is 1. The topological polar surface area (TPSA) is 9.23 Å². The first-order chi connectivity index (χ1) is 5.25. The van der Waals surface area contributed by atoms with Crippen LogP contribution in [0.15, 0.2) is 0 Å². The van der Waals surface area contributed by atoms with Crippen LogP contribution >= 0.6 is 0 Å². The molecule has 2 atom stereocenters. The molecule has 0 radical (unpaired) electrons. The van der Waals surface area contributed by atoms with Gasteiger partial charge < -0.3 is 4.74 Å². The Hall–Kier alpha value is -0.0400. The largest absolute Gasteiger partial charge is 0.384 e. The molecule has 1 aliphatic rings. The number of hydrogen-bond donors (Lipinski definition) is 0. The van der Waals surface area contributed by atoms with Gasteiger partial charge in [-0.15, -0.1) is 0 Å². The van der Waals surface area contributed by atoms with Crippen LogP contribution in [0.25, 0.3) is 0 Å². The van der Waals surface area contributed by atoms with Crippen LogP contribution in [0.3, 0.4) is 0 Å². The smallest absolute Gasteiger partial charge is 0.0495 e. The van der Waals surface area contributed by atoms with Crippen LogP contribution in [0.4, 0.5) is 0 Å². The molecule has 0 spiro atoms. The Morgan fingerprint density at radius 2 is 1.73 bits per heavy atom. The maximum atomic E-state index is 5.22. The van der Waals surface area contributed by atoms with Gasteiger partial charge in [0.2, 0.25) is 0 Å². The Morgan fingerprint density at radius 3 is 2.18 bits per heavy atom. The minimum atomic E-state index is 0.814. The van der Waals surface area contributed by atoms with Crippen molar-refractivity contribution in [2.24, 2.45) is 17.8 Å². The van der Waals surface area contributed by atoms with Crippen molar-refractivity contribution in [3.05, 3.63) is 0 Å². The molecular weight excluding hydrogens is 136 g/mol. The van der Waals surface area contributed by atoms with Gasteiger partial charge in [-0.25, -0.2) is 0 Å². The molecule has 1 rings (SSSR count). The van der Waals surface area contributed by atoms with Gasteiger partial charge in [-0.1, -0.05) is 33.1 Å². The lowest BCUT2D eigenvalue weighted by Gasteiger charge is -2.33. The van der Waals surface area contributed by atoms with Gasteiger partial charge in [-0.2, -0.15) is 0 Å². The van der Waals surface area contributed by atoms with Gasteiger partial charge in [0.25, 0.3) is 0 Å². The highest BCUT2D eigenvalue weighted by Crippen LogP contribution is 2.34. The van der Waals surface area contributed by atoms with Crippen molar-refractivity contribution in [1.82, 2.24) is 0 Å². The van der Waals surface area contributed by atoms with E-state index in [1.54, 1.807) is 0 Å². The molecule has 0 N–H and O–H groups in total. The maximum absolute atomic E-state index is 5.22. The van der Waals surface area contributed by atoms with E-state index in [2.05, 4.69) is 13.8 Å². The lowest BCUT2D eigenvalue weighted by Crippen LogP contribution is -2.28. The zero-order valence-electron chi connectivity index (χ0n) is 7.97. The standard InChI is InChI=1S/C10H20O/c1-8-5-4-6-9(2)10(8)7-11-3/h8-10H,4-7H2,1-3H3. The summed E-state index contributed by atoms with van der Waals surface area (Å²) in [6.07, 6.45) is 4.22. The molecule has 1 nitrogen and oxygen atoms in total. The van der Waals surface area contributed by atoms with Gasteiger partial charge in [0.1, 0.15) is 0 Å². The van der Waals surface area contributed by atoms with Crippen LogP contribution in [0, 0.1) is 17.8 Å². The van der Waals surface area contributed by atoms with E-state index in [-0.39, 0.29) is 0 Å². The van der Waals surface area contributed by atoms with E-state index in [9.17, 15) is 0 Å². The van der Waals surface area contributed by atoms with Crippen LogP contribution in [-0.2, 0) is 4.74 Å². The third-order valence-corrected chi connectivity index (χ3v) is 3.14. The Balaban J connectivity index is 2.41. The summed E-state index contributed by atoms with van der Waals surface area (Å²) in [6.45, 7) is 5.68. The monoisotopic (exact) mass is 156 g/mol. The Morgan fingerprint density at radius 1 is 1.18 bits per heavy atom. The third kappa shape index (κ3) is 2.19.